The van der Waals surface area contributed by atoms with E-state index in [-0.39, 0.29) is 18.1 Å². The molecular weight excluding hydrogens is 278 g/mol. The molecule has 0 unspecified atom stereocenters. The molecule has 6 heteroatoms. The number of benzene rings is 1. The molecule has 0 spiro atoms. The zero-order valence-electron chi connectivity index (χ0n) is 12.1. The summed E-state index contributed by atoms with van der Waals surface area (Å²) in [5.41, 5.74) is 1.09. The summed E-state index contributed by atoms with van der Waals surface area (Å²) < 4.78 is 33.2. The summed E-state index contributed by atoms with van der Waals surface area (Å²) >= 11 is 0. The molecule has 0 aliphatic heterocycles. The molecule has 114 valence electrons. The van der Waals surface area contributed by atoms with Gasteiger partial charge in [-0.3, -0.25) is 0 Å². The summed E-state index contributed by atoms with van der Waals surface area (Å²) in [6.45, 7) is 4.02. The van der Waals surface area contributed by atoms with Gasteiger partial charge in [-0.25, -0.2) is 8.42 Å². The Morgan fingerprint density at radius 3 is 2.75 bits per heavy atom. The van der Waals surface area contributed by atoms with Gasteiger partial charge in [0.15, 0.2) is 9.84 Å². The van der Waals surface area contributed by atoms with E-state index in [4.69, 9.17) is 9.47 Å². The third kappa shape index (κ3) is 6.88. The van der Waals surface area contributed by atoms with Crippen molar-refractivity contribution in [2.24, 2.45) is 0 Å². The number of methoxy groups -OCH3 is 1. The molecule has 0 heterocycles. The average molecular weight is 301 g/mol. The van der Waals surface area contributed by atoms with Gasteiger partial charge in [0.25, 0.3) is 0 Å². The largest absolute Gasteiger partial charge is 0.493 e. The lowest BCUT2D eigenvalue weighted by atomic mass is 10.2. The second kappa shape index (κ2) is 8.94. The van der Waals surface area contributed by atoms with Crippen LogP contribution in [0.3, 0.4) is 0 Å². The molecule has 0 bridgehead atoms. The van der Waals surface area contributed by atoms with Crippen LogP contribution in [-0.4, -0.2) is 46.8 Å². The molecule has 0 fully saturated rings. The van der Waals surface area contributed by atoms with Crippen molar-refractivity contribution in [1.82, 2.24) is 5.32 Å². The Morgan fingerprint density at radius 1 is 1.25 bits per heavy atom. The summed E-state index contributed by atoms with van der Waals surface area (Å²) in [5, 5.41) is 3.24. The SMILES string of the molecule is CCS(=O)(=O)CCOc1cccc(CNCCOC)c1. The molecule has 0 atom stereocenters. The Hall–Kier alpha value is -1.11. The van der Waals surface area contributed by atoms with Crippen LogP contribution in [0.5, 0.6) is 5.75 Å². The minimum absolute atomic E-state index is 0.0554. The second-order valence-corrected chi connectivity index (χ2v) is 6.87. The first-order chi connectivity index (χ1) is 9.57. The van der Waals surface area contributed by atoms with Crippen molar-refractivity contribution in [2.45, 2.75) is 13.5 Å². The Morgan fingerprint density at radius 2 is 2.05 bits per heavy atom. The highest BCUT2D eigenvalue weighted by molar-refractivity contribution is 7.91. The van der Waals surface area contributed by atoms with Crippen molar-refractivity contribution in [3.63, 3.8) is 0 Å². The monoisotopic (exact) mass is 301 g/mol. The van der Waals surface area contributed by atoms with Gasteiger partial charge in [-0.1, -0.05) is 19.1 Å². The van der Waals surface area contributed by atoms with Gasteiger partial charge in [0, 0.05) is 26.0 Å². The van der Waals surface area contributed by atoms with E-state index in [1.165, 1.54) is 0 Å². The van der Waals surface area contributed by atoms with Gasteiger partial charge in [0.05, 0.1) is 12.4 Å². The van der Waals surface area contributed by atoms with E-state index in [1.54, 1.807) is 14.0 Å². The Bertz CT molecular complexity index is 488. The highest BCUT2D eigenvalue weighted by atomic mass is 32.2. The number of nitrogens with one attached hydrogen (secondary N) is 1. The molecule has 0 aliphatic carbocycles. The maximum Gasteiger partial charge on any atom is 0.153 e. The number of ether oxygens (including phenoxy) is 2. The van der Waals surface area contributed by atoms with E-state index in [1.807, 2.05) is 24.3 Å². The molecule has 0 aliphatic rings. The van der Waals surface area contributed by atoms with Crippen molar-refractivity contribution in [2.75, 3.05) is 38.4 Å². The lowest BCUT2D eigenvalue weighted by Gasteiger charge is -2.09. The molecule has 0 saturated carbocycles. The van der Waals surface area contributed by atoms with Crippen molar-refractivity contribution >= 4 is 9.84 Å². The lowest BCUT2D eigenvalue weighted by molar-refractivity contribution is 0.199. The molecule has 0 saturated heterocycles. The van der Waals surface area contributed by atoms with Crippen LogP contribution in [0.15, 0.2) is 24.3 Å². The van der Waals surface area contributed by atoms with Crippen molar-refractivity contribution in [3.05, 3.63) is 29.8 Å². The summed E-state index contributed by atoms with van der Waals surface area (Å²) in [4.78, 5) is 0. The van der Waals surface area contributed by atoms with E-state index in [9.17, 15) is 8.42 Å². The molecule has 5 nitrogen and oxygen atoms in total. The van der Waals surface area contributed by atoms with Crippen LogP contribution in [0.4, 0.5) is 0 Å². The van der Waals surface area contributed by atoms with Gasteiger partial charge in [-0.15, -0.1) is 0 Å². The van der Waals surface area contributed by atoms with E-state index >= 15 is 0 Å². The second-order valence-electron chi connectivity index (χ2n) is 4.40. The first-order valence-electron chi connectivity index (χ1n) is 6.69. The van der Waals surface area contributed by atoms with Crippen LogP contribution in [-0.2, 0) is 21.1 Å². The maximum absolute atomic E-state index is 11.4. The van der Waals surface area contributed by atoms with Crippen LogP contribution in [0.2, 0.25) is 0 Å². The van der Waals surface area contributed by atoms with Crippen LogP contribution >= 0.6 is 0 Å². The standard InChI is InChI=1S/C14H23NO4S/c1-3-20(16,17)10-9-19-14-6-4-5-13(11-14)12-15-7-8-18-2/h4-6,11,15H,3,7-10,12H2,1-2H3. The highest BCUT2D eigenvalue weighted by Crippen LogP contribution is 2.13. The van der Waals surface area contributed by atoms with Crippen LogP contribution in [0, 0.1) is 0 Å². The fourth-order valence-corrected chi connectivity index (χ4v) is 2.21. The zero-order valence-corrected chi connectivity index (χ0v) is 12.9. The molecule has 20 heavy (non-hydrogen) atoms. The number of sulfone groups is 1. The Balaban J connectivity index is 2.39. The number of hydrogen-bond acceptors (Lipinski definition) is 5. The predicted octanol–water partition coefficient (Wildman–Crippen LogP) is 1.24. The summed E-state index contributed by atoms with van der Waals surface area (Å²) in [6, 6.07) is 7.64. The topological polar surface area (TPSA) is 64.6 Å². The minimum atomic E-state index is -2.97. The quantitative estimate of drug-likeness (QED) is 0.659. The average Bonchev–Trinajstić information content (AvgIpc) is 2.44. The first-order valence-corrected chi connectivity index (χ1v) is 8.51. The molecule has 1 aromatic rings. The lowest BCUT2D eigenvalue weighted by Crippen LogP contribution is -2.18. The first kappa shape index (κ1) is 16.9. The van der Waals surface area contributed by atoms with E-state index in [2.05, 4.69) is 5.32 Å². The molecule has 0 aromatic heterocycles. The summed E-state index contributed by atoms with van der Waals surface area (Å²) in [5.74, 6) is 0.905. The molecule has 1 N–H and O–H groups in total. The number of rotatable bonds is 10. The van der Waals surface area contributed by atoms with Gasteiger partial charge in [0.2, 0.25) is 0 Å². The third-order valence-electron chi connectivity index (χ3n) is 2.81. The van der Waals surface area contributed by atoms with E-state index < -0.39 is 9.84 Å². The van der Waals surface area contributed by atoms with Crippen molar-refractivity contribution in [1.29, 1.82) is 0 Å². The Labute approximate surface area is 121 Å². The third-order valence-corrected chi connectivity index (χ3v) is 4.48. The van der Waals surface area contributed by atoms with Gasteiger partial charge in [-0.05, 0) is 17.7 Å². The fourth-order valence-electron chi connectivity index (χ4n) is 1.58. The predicted molar refractivity (Wildman–Crippen MR) is 79.8 cm³/mol. The van der Waals surface area contributed by atoms with E-state index in [0.717, 1.165) is 18.7 Å². The van der Waals surface area contributed by atoms with Crippen LogP contribution < -0.4 is 10.1 Å². The molecule has 0 amide bonds. The normalized spacial score (nSPS) is 11.5. The Kier molecular flexibility index (Phi) is 7.58. The summed E-state index contributed by atoms with van der Waals surface area (Å²) in [7, 11) is -1.30. The highest BCUT2D eigenvalue weighted by Gasteiger charge is 2.07. The maximum atomic E-state index is 11.4. The molecule has 1 rings (SSSR count). The minimum Gasteiger partial charge on any atom is -0.493 e. The smallest absolute Gasteiger partial charge is 0.153 e. The summed E-state index contributed by atoms with van der Waals surface area (Å²) in [6.07, 6.45) is 0. The number of hydrogen-bond donors (Lipinski definition) is 1. The molecule has 1 aromatic carbocycles. The van der Waals surface area contributed by atoms with E-state index in [0.29, 0.717) is 12.4 Å². The molecule has 0 radical (unpaired) electrons. The van der Waals surface area contributed by atoms with Gasteiger partial charge in [0.1, 0.15) is 12.4 Å². The van der Waals surface area contributed by atoms with Crippen LogP contribution in [0.1, 0.15) is 12.5 Å². The van der Waals surface area contributed by atoms with Crippen molar-refractivity contribution in [3.8, 4) is 5.75 Å². The van der Waals surface area contributed by atoms with Crippen molar-refractivity contribution < 1.29 is 17.9 Å². The van der Waals surface area contributed by atoms with Gasteiger partial charge < -0.3 is 14.8 Å². The van der Waals surface area contributed by atoms with Gasteiger partial charge >= 0.3 is 0 Å². The van der Waals surface area contributed by atoms with Gasteiger partial charge in [-0.2, -0.15) is 0 Å². The van der Waals surface area contributed by atoms with Crippen LogP contribution in [0.25, 0.3) is 0 Å². The molecular formula is C14H23NO4S. The fraction of sp³-hybridized carbons (Fsp3) is 0.571. The zero-order chi connectivity index (χ0) is 14.8.